The molecular formula is C15H14BrFN2O2. The molecule has 0 spiro atoms. The lowest BCUT2D eigenvalue weighted by atomic mass is 10.1. The fraction of sp³-hybridized carbons (Fsp3) is 0.133. The molecule has 3 N–H and O–H groups in total. The summed E-state index contributed by atoms with van der Waals surface area (Å²) < 4.78 is 19.4. The van der Waals surface area contributed by atoms with Gasteiger partial charge in [0, 0.05) is 11.0 Å². The maximum absolute atomic E-state index is 13.8. The normalized spacial score (nSPS) is 10.2. The number of carbonyl (C=O) groups is 1. The highest BCUT2D eigenvalue weighted by Crippen LogP contribution is 2.25. The number of rotatable bonds is 5. The molecule has 2 aromatic rings. The quantitative estimate of drug-likeness (QED) is 0.867. The molecule has 0 aromatic heterocycles. The van der Waals surface area contributed by atoms with Gasteiger partial charge in [0.1, 0.15) is 11.6 Å². The second kappa shape index (κ2) is 6.58. The standard InChI is InChI=1S/C15H14BrFN2O2/c1-21-11-4-2-9(3-5-11)8-19-13-7-10(16)6-12(17)14(13)15(18)20/h2-7,19H,8H2,1H3,(H2,18,20). The lowest BCUT2D eigenvalue weighted by Crippen LogP contribution is -2.16. The first kappa shape index (κ1) is 15.3. The summed E-state index contributed by atoms with van der Waals surface area (Å²) >= 11 is 3.19. The van der Waals surface area contributed by atoms with Gasteiger partial charge in [-0.15, -0.1) is 0 Å². The van der Waals surface area contributed by atoms with Crippen LogP contribution in [0, 0.1) is 5.82 Å². The Balaban J connectivity index is 2.20. The van der Waals surface area contributed by atoms with Crippen LogP contribution in [0.5, 0.6) is 5.75 Å². The van der Waals surface area contributed by atoms with Crippen LogP contribution in [0.1, 0.15) is 15.9 Å². The van der Waals surface area contributed by atoms with E-state index in [4.69, 9.17) is 10.5 Å². The van der Waals surface area contributed by atoms with Crippen molar-refractivity contribution in [3.8, 4) is 5.75 Å². The van der Waals surface area contributed by atoms with Crippen molar-refractivity contribution in [2.75, 3.05) is 12.4 Å². The summed E-state index contributed by atoms with van der Waals surface area (Å²) in [5, 5.41) is 3.02. The fourth-order valence-corrected chi connectivity index (χ4v) is 2.33. The molecule has 0 fully saturated rings. The zero-order valence-electron chi connectivity index (χ0n) is 11.3. The molecule has 2 aromatic carbocycles. The number of benzene rings is 2. The van der Waals surface area contributed by atoms with Crippen molar-refractivity contribution >= 4 is 27.5 Å². The Morgan fingerprint density at radius 1 is 1.33 bits per heavy atom. The van der Waals surface area contributed by atoms with Crippen molar-refractivity contribution in [3.05, 3.63) is 57.8 Å². The molecule has 1 amide bonds. The van der Waals surface area contributed by atoms with Gasteiger partial charge in [-0.2, -0.15) is 0 Å². The van der Waals surface area contributed by atoms with Gasteiger partial charge < -0.3 is 15.8 Å². The summed E-state index contributed by atoms with van der Waals surface area (Å²) in [6, 6.07) is 10.2. The Bertz CT molecular complexity index is 659. The van der Waals surface area contributed by atoms with Gasteiger partial charge in [-0.05, 0) is 29.8 Å². The van der Waals surface area contributed by atoms with Gasteiger partial charge in [0.15, 0.2) is 0 Å². The number of anilines is 1. The van der Waals surface area contributed by atoms with E-state index in [2.05, 4.69) is 21.2 Å². The molecule has 0 aliphatic rings. The van der Waals surface area contributed by atoms with Crippen LogP contribution in [0.3, 0.4) is 0 Å². The smallest absolute Gasteiger partial charge is 0.253 e. The number of nitrogens with two attached hydrogens (primary N) is 1. The van der Waals surface area contributed by atoms with Crippen LogP contribution in [-0.2, 0) is 6.54 Å². The van der Waals surface area contributed by atoms with Crippen LogP contribution < -0.4 is 15.8 Å². The highest BCUT2D eigenvalue weighted by Gasteiger charge is 2.15. The third-order valence-electron chi connectivity index (χ3n) is 2.94. The molecule has 0 bridgehead atoms. The summed E-state index contributed by atoms with van der Waals surface area (Å²) in [5.41, 5.74) is 6.39. The summed E-state index contributed by atoms with van der Waals surface area (Å²) in [7, 11) is 1.59. The first-order valence-electron chi connectivity index (χ1n) is 6.17. The molecule has 0 aliphatic carbocycles. The molecule has 4 nitrogen and oxygen atoms in total. The number of amides is 1. The van der Waals surface area contributed by atoms with Crippen molar-refractivity contribution in [1.82, 2.24) is 0 Å². The number of hydrogen-bond donors (Lipinski definition) is 2. The Kier molecular flexibility index (Phi) is 4.80. The minimum absolute atomic E-state index is 0.147. The summed E-state index contributed by atoms with van der Waals surface area (Å²) in [5.74, 6) is -0.712. The van der Waals surface area contributed by atoms with E-state index >= 15 is 0 Å². The highest BCUT2D eigenvalue weighted by atomic mass is 79.9. The van der Waals surface area contributed by atoms with Crippen molar-refractivity contribution in [2.45, 2.75) is 6.54 Å². The topological polar surface area (TPSA) is 64.3 Å². The fourth-order valence-electron chi connectivity index (χ4n) is 1.90. The number of hydrogen-bond acceptors (Lipinski definition) is 3. The first-order valence-corrected chi connectivity index (χ1v) is 6.96. The molecule has 6 heteroatoms. The number of carbonyl (C=O) groups excluding carboxylic acids is 1. The van der Waals surface area contributed by atoms with Gasteiger partial charge in [0.2, 0.25) is 0 Å². The Morgan fingerprint density at radius 3 is 2.57 bits per heavy atom. The van der Waals surface area contributed by atoms with Crippen LogP contribution in [0.15, 0.2) is 40.9 Å². The van der Waals surface area contributed by atoms with E-state index in [1.54, 1.807) is 13.2 Å². The molecule has 2 rings (SSSR count). The highest BCUT2D eigenvalue weighted by molar-refractivity contribution is 9.10. The molecule has 0 atom stereocenters. The second-order valence-electron chi connectivity index (χ2n) is 4.38. The van der Waals surface area contributed by atoms with E-state index in [-0.39, 0.29) is 5.56 Å². The van der Waals surface area contributed by atoms with Crippen LogP contribution >= 0.6 is 15.9 Å². The third-order valence-corrected chi connectivity index (χ3v) is 3.40. The second-order valence-corrected chi connectivity index (χ2v) is 5.29. The molecule has 0 heterocycles. The van der Waals surface area contributed by atoms with Crippen LogP contribution in [0.2, 0.25) is 0 Å². The molecule has 0 aliphatic heterocycles. The van der Waals surface area contributed by atoms with Crippen molar-refractivity contribution in [3.63, 3.8) is 0 Å². The molecule has 0 saturated carbocycles. The molecule has 0 radical (unpaired) electrons. The zero-order valence-corrected chi connectivity index (χ0v) is 12.9. The number of methoxy groups -OCH3 is 1. The van der Waals surface area contributed by atoms with Crippen LogP contribution in [0.4, 0.5) is 10.1 Å². The van der Waals surface area contributed by atoms with E-state index < -0.39 is 11.7 Å². The van der Waals surface area contributed by atoms with Gasteiger partial charge in [-0.1, -0.05) is 28.1 Å². The summed E-state index contributed by atoms with van der Waals surface area (Å²) in [6.45, 7) is 0.431. The van der Waals surface area contributed by atoms with E-state index in [1.807, 2.05) is 24.3 Å². The number of primary amides is 1. The zero-order chi connectivity index (χ0) is 15.4. The molecule has 110 valence electrons. The van der Waals surface area contributed by atoms with E-state index in [9.17, 15) is 9.18 Å². The van der Waals surface area contributed by atoms with Gasteiger partial charge in [-0.25, -0.2) is 4.39 Å². The monoisotopic (exact) mass is 352 g/mol. The van der Waals surface area contributed by atoms with E-state index in [1.165, 1.54) is 6.07 Å². The average molecular weight is 353 g/mol. The Labute approximate surface area is 130 Å². The number of ether oxygens (including phenoxy) is 1. The van der Waals surface area contributed by atoms with Gasteiger partial charge in [0.25, 0.3) is 5.91 Å². The minimum Gasteiger partial charge on any atom is -0.497 e. The average Bonchev–Trinajstić information content (AvgIpc) is 2.44. The SMILES string of the molecule is COc1ccc(CNc2cc(Br)cc(F)c2C(N)=O)cc1. The van der Waals surface area contributed by atoms with Crippen LogP contribution in [-0.4, -0.2) is 13.0 Å². The largest absolute Gasteiger partial charge is 0.497 e. The Hall–Kier alpha value is -2.08. The maximum atomic E-state index is 13.8. The van der Waals surface area contributed by atoms with Crippen molar-refractivity contribution < 1.29 is 13.9 Å². The van der Waals surface area contributed by atoms with Gasteiger partial charge in [0.05, 0.1) is 18.4 Å². The van der Waals surface area contributed by atoms with Crippen molar-refractivity contribution in [1.29, 1.82) is 0 Å². The molecule has 0 saturated heterocycles. The first-order chi connectivity index (χ1) is 10.0. The van der Waals surface area contributed by atoms with Crippen LogP contribution in [0.25, 0.3) is 0 Å². The molecule has 21 heavy (non-hydrogen) atoms. The predicted octanol–water partition coefficient (Wildman–Crippen LogP) is 3.31. The maximum Gasteiger partial charge on any atom is 0.253 e. The Morgan fingerprint density at radius 2 is 2.00 bits per heavy atom. The number of nitrogens with one attached hydrogen (secondary N) is 1. The van der Waals surface area contributed by atoms with E-state index in [0.717, 1.165) is 11.3 Å². The lowest BCUT2D eigenvalue weighted by Gasteiger charge is -2.12. The van der Waals surface area contributed by atoms with Gasteiger partial charge in [-0.3, -0.25) is 4.79 Å². The van der Waals surface area contributed by atoms with E-state index in [0.29, 0.717) is 16.7 Å². The third kappa shape index (κ3) is 3.72. The predicted molar refractivity (Wildman–Crippen MR) is 82.9 cm³/mol. The summed E-state index contributed by atoms with van der Waals surface area (Å²) in [6.07, 6.45) is 0. The molecule has 0 unspecified atom stereocenters. The number of halogens is 2. The lowest BCUT2D eigenvalue weighted by molar-refractivity contribution is 0.0997. The molecular weight excluding hydrogens is 339 g/mol. The summed E-state index contributed by atoms with van der Waals surface area (Å²) in [4.78, 5) is 11.4. The van der Waals surface area contributed by atoms with Gasteiger partial charge >= 0.3 is 0 Å². The minimum atomic E-state index is -0.808. The van der Waals surface area contributed by atoms with Crippen molar-refractivity contribution in [2.24, 2.45) is 5.73 Å².